The molecule has 0 fully saturated rings. The Kier molecular flexibility index (Phi) is 6.59. The molecule has 0 saturated heterocycles. The predicted molar refractivity (Wildman–Crippen MR) is 82.4 cm³/mol. The fraction of sp³-hybridized carbons (Fsp3) is 0.294. The first-order valence-electron chi connectivity index (χ1n) is 6.48. The predicted octanol–water partition coefficient (Wildman–Crippen LogP) is 5.87. The molecule has 0 unspecified atom stereocenters. The van der Waals surface area contributed by atoms with Crippen molar-refractivity contribution in [3.05, 3.63) is 59.7 Å². The Bertz CT molecular complexity index is 431. The average Bonchev–Trinajstić information content (AvgIpc) is 2.36. The number of rotatable bonds is 2. The van der Waals surface area contributed by atoms with Crippen LogP contribution in [0.25, 0.3) is 0 Å². The Hall–Kier alpha value is -1.21. The lowest BCUT2D eigenvalue weighted by Gasteiger charge is -2.07. The molecule has 0 amide bonds. The van der Waals surface area contributed by atoms with Crippen LogP contribution < -0.4 is 0 Å². The molecule has 0 radical (unpaired) electrons. The first kappa shape index (κ1) is 14.8. The van der Waals surface area contributed by atoms with Crippen molar-refractivity contribution in [1.82, 2.24) is 0 Å². The third-order valence-electron chi connectivity index (χ3n) is 2.41. The molecule has 2 aromatic carbocycles. The highest BCUT2D eigenvalue weighted by molar-refractivity contribution is 7.99. The molecule has 0 aliphatic rings. The van der Waals surface area contributed by atoms with Gasteiger partial charge in [0.2, 0.25) is 0 Å². The van der Waals surface area contributed by atoms with Crippen LogP contribution in [0.3, 0.4) is 0 Å². The van der Waals surface area contributed by atoms with Crippen LogP contribution in [0.5, 0.6) is 0 Å². The molecule has 0 aromatic heterocycles. The van der Waals surface area contributed by atoms with Gasteiger partial charge in [0, 0.05) is 9.79 Å². The second-order valence-corrected chi connectivity index (χ2v) is 5.42. The van der Waals surface area contributed by atoms with Gasteiger partial charge in [0.1, 0.15) is 0 Å². The van der Waals surface area contributed by atoms with Crippen LogP contribution in [0.1, 0.15) is 31.4 Å². The summed E-state index contributed by atoms with van der Waals surface area (Å²) in [6.07, 6.45) is 1.25. The SMILES string of the molecule is CCC.Cc1ccccc1Sc1ccccc1C. The lowest BCUT2D eigenvalue weighted by Crippen LogP contribution is -1.81. The van der Waals surface area contributed by atoms with Gasteiger partial charge in [-0.05, 0) is 37.1 Å². The minimum atomic E-state index is 1.25. The molecule has 2 rings (SSSR count). The summed E-state index contributed by atoms with van der Waals surface area (Å²) in [5.41, 5.74) is 2.68. The number of hydrogen-bond donors (Lipinski definition) is 0. The normalized spacial score (nSPS) is 9.56. The zero-order chi connectivity index (χ0) is 13.4. The van der Waals surface area contributed by atoms with E-state index >= 15 is 0 Å². The molecule has 18 heavy (non-hydrogen) atoms. The minimum absolute atomic E-state index is 1.25. The van der Waals surface area contributed by atoms with Crippen LogP contribution in [-0.4, -0.2) is 0 Å². The lowest BCUT2D eigenvalue weighted by atomic mass is 10.2. The summed E-state index contributed by atoms with van der Waals surface area (Å²) in [4.78, 5) is 2.68. The maximum Gasteiger partial charge on any atom is 0.0151 e. The van der Waals surface area contributed by atoms with Crippen LogP contribution in [0, 0.1) is 13.8 Å². The summed E-state index contributed by atoms with van der Waals surface area (Å²) in [6, 6.07) is 17.0. The molecule has 0 spiro atoms. The Labute approximate surface area is 115 Å². The Morgan fingerprint density at radius 1 is 0.722 bits per heavy atom. The van der Waals surface area contributed by atoms with Crippen molar-refractivity contribution in [2.75, 3.05) is 0 Å². The van der Waals surface area contributed by atoms with E-state index in [2.05, 4.69) is 76.2 Å². The van der Waals surface area contributed by atoms with E-state index in [-0.39, 0.29) is 0 Å². The van der Waals surface area contributed by atoms with E-state index in [1.807, 2.05) is 11.8 Å². The van der Waals surface area contributed by atoms with Crippen LogP contribution in [-0.2, 0) is 0 Å². The van der Waals surface area contributed by atoms with Crippen molar-refractivity contribution in [3.8, 4) is 0 Å². The number of hydrogen-bond acceptors (Lipinski definition) is 1. The largest absolute Gasteiger partial charge is 0.0895 e. The Morgan fingerprint density at radius 3 is 1.39 bits per heavy atom. The maximum absolute atomic E-state index is 2.17. The van der Waals surface area contributed by atoms with E-state index in [0.717, 1.165) is 0 Å². The van der Waals surface area contributed by atoms with Crippen molar-refractivity contribution in [2.45, 2.75) is 43.9 Å². The van der Waals surface area contributed by atoms with Gasteiger partial charge < -0.3 is 0 Å². The first-order chi connectivity index (χ1) is 8.69. The third-order valence-corrected chi connectivity index (χ3v) is 3.76. The number of benzene rings is 2. The van der Waals surface area contributed by atoms with E-state index in [0.29, 0.717) is 0 Å². The first-order valence-corrected chi connectivity index (χ1v) is 7.29. The van der Waals surface area contributed by atoms with Crippen molar-refractivity contribution in [3.63, 3.8) is 0 Å². The van der Waals surface area contributed by atoms with Crippen molar-refractivity contribution in [1.29, 1.82) is 0 Å². The highest BCUT2D eigenvalue weighted by atomic mass is 32.2. The summed E-state index contributed by atoms with van der Waals surface area (Å²) in [6.45, 7) is 8.56. The summed E-state index contributed by atoms with van der Waals surface area (Å²) in [5, 5.41) is 0. The van der Waals surface area contributed by atoms with Gasteiger partial charge in [0.15, 0.2) is 0 Å². The molecule has 2 aromatic rings. The number of aryl methyl sites for hydroxylation is 2. The zero-order valence-electron chi connectivity index (χ0n) is 11.7. The Balaban J connectivity index is 0.000000492. The van der Waals surface area contributed by atoms with Gasteiger partial charge in [-0.2, -0.15) is 0 Å². The van der Waals surface area contributed by atoms with Crippen LogP contribution in [0.2, 0.25) is 0 Å². The van der Waals surface area contributed by atoms with E-state index in [9.17, 15) is 0 Å². The van der Waals surface area contributed by atoms with Gasteiger partial charge in [0.05, 0.1) is 0 Å². The van der Waals surface area contributed by atoms with Gasteiger partial charge >= 0.3 is 0 Å². The summed E-state index contributed by atoms with van der Waals surface area (Å²) in [5.74, 6) is 0. The van der Waals surface area contributed by atoms with Gasteiger partial charge in [-0.1, -0.05) is 68.4 Å². The second-order valence-electron chi connectivity index (χ2n) is 4.34. The van der Waals surface area contributed by atoms with Gasteiger partial charge in [-0.25, -0.2) is 0 Å². The zero-order valence-corrected chi connectivity index (χ0v) is 12.6. The second kappa shape index (κ2) is 7.99. The quantitative estimate of drug-likeness (QED) is 0.649. The van der Waals surface area contributed by atoms with Crippen LogP contribution >= 0.6 is 11.8 Å². The molecule has 0 atom stereocenters. The standard InChI is InChI=1S/C14H14S.C3H8/c1-11-7-3-5-9-13(11)15-14-10-6-4-8-12(14)2;1-3-2/h3-10H,1-2H3;3H2,1-2H3. The fourth-order valence-corrected chi connectivity index (χ4v) is 2.45. The van der Waals surface area contributed by atoms with Crippen molar-refractivity contribution >= 4 is 11.8 Å². The molecule has 96 valence electrons. The summed E-state index contributed by atoms with van der Waals surface area (Å²) < 4.78 is 0. The molecule has 0 nitrogen and oxygen atoms in total. The molecule has 0 bridgehead atoms. The van der Waals surface area contributed by atoms with Crippen molar-refractivity contribution in [2.24, 2.45) is 0 Å². The van der Waals surface area contributed by atoms with E-state index in [4.69, 9.17) is 0 Å². The summed E-state index contributed by atoms with van der Waals surface area (Å²) in [7, 11) is 0. The molecule has 1 heteroatoms. The van der Waals surface area contributed by atoms with E-state index in [1.165, 1.54) is 27.3 Å². The smallest absolute Gasteiger partial charge is 0.0151 e. The monoisotopic (exact) mass is 258 g/mol. The van der Waals surface area contributed by atoms with E-state index in [1.54, 1.807) is 0 Å². The highest BCUT2D eigenvalue weighted by Gasteiger charge is 2.01. The molecular formula is C17H22S. The molecule has 0 heterocycles. The van der Waals surface area contributed by atoms with Crippen molar-refractivity contribution < 1.29 is 0 Å². The van der Waals surface area contributed by atoms with E-state index < -0.39 is 0 Å². The topological polar surface area (TPSA) is 0 Å². The lowest BCUT2D eigenvalue weighted by molar-refractivity contribution is 1.09. The fourth-order valence-electron chi connectivity index (χ4n) is 1.46. The third kappa shape index (κ3) is 4.58. The Morgan fingerprint density at radius 2 is 1.06 bits per heavy atom. The average molecular weight is 258 g/mol. The maximum atomic E-state index is 2.17. The van der Waals surface area contributed by atoms with Gasteiger partial charge in [-0.15, -0.1) is 0 Å². The summed E-state index contributed by atoms with van der Waals surface area (Å²) >= 11 is 1.84. The molecule has 0 saturated carbocycles. The molecular weight excluding hydrogens is 236 g/mol. The highest BCUT2D eigenvalue weighted by Crippen LogP contribution is 2.31. The van der Waals surface area contributed by atoms with Gasteiger partial charge in [-0.3, -0.25) is 0 Å². The van der Waals surface area contributed by atoms with Gasteiger partial charge in [0.25, 0.3) is 0 Å². The minimum Gasteiger partial charge on any atom is -0.0895 e. The molecule has 0 N–H and O–H groups in total. The molecule has 0 aliphatic heterocycles. The van der Waals surface area contributed by atoms with Crippen LogP contribution in [0.4, 0.5) is 0 Å². The molecule has 0 aliphatic carbocycles. The van der Waals surface area contributed by atoms with Crippen LogP contribution in [0.15, 0.2) is 58.3 Å².